The summed E-state index contributed by atoms with van der Waals surface area (Å²) in [6.07, 6.45) is 0.915. The molecule has 45 heavy (non-hydrogen) atoms. The second-order valence-corrected chi connectivity index (χ2v) is 13.6. The lowest BCUT2D eigenvalue weighted by atomic mass is 10.0. The van der Waals surface area contributed by atoms with Gasteiger partial charge in [0.1, 0.15) is 12.6 Å². The largest absolute Gasteiger partial charge is 0.354 e. The molecule has 0 heterocycles. The van der Waals surface area contributed by atoms with Crippen LogP contribution in [0.15, 0.2) is 102 Å². The average molecular weight is 667 g/mol. The van der Waals surface area contributed by atoms with Gasteiger partial charge in [-0.3, -0.25) is 13.9 Å². The number of anilines is 1. The third-order valence-electron chi connectivity index (χ3n) is 7.42. The Balaban J connectivity index is 1.84. The Labute approximate surface area is 275 Å². The normalized spacial score (nSPS) is 11.9. The van der Waals surface area contributed by atoms with Crippen molar-refractivity contribution >= 4 is 50.7 Å². The van der Waals surface area contributed by atoms with Crippen molar-refractivity contribution in [2.45, 2.75) is 51.1 Å². The van der Waals surface area contributed by atoms with Gasteiger partial charge in [-0.05, 0) is 72.9 Å². The van der Waals surface area contributed by atoms with Crippen LogP contribution in [-0.4, -0.2) is 44.3 Å². The summed E-state index contributed by atoms with van der Waals surface area (Å²) in [7, 11) is -4.19. The molecule has 4 aromatic carbocycles. The predicted molar refractivity (Wildman–Crippen MR) is 181 cm³/mol. The van der Waals surface area contributed by atoms with Gasteiger partial charge >= 0.3 is 0 Å². The Hall–Kier alpha value is -3.85. The molecular formula is C35H37Cl2N3O4S. The molecule has 0 aromatic heterocycles. The maximum Gasteiger partial charge on any atom is 0.264 e. The van der Waals surface area contributed by atoms with E-state index in [1.807, 2.05) is 56.3 Å². The van der Waals surface area contributed by atoms with Crippen LogP contribution in [0.5, 0.6) is 0 Å². The minimum atomic E-state index is -4.19. The molecule has 0 aliphatic rings. The number of nitrogens with one attached hydrogen (secondary N) is 1. The lowest BCUT2D eigenvalue weighted by Crippen LogP contribution is -2.53. The molecule has 7 nitrogen and oxygen atoms in total. The molecule has 2 amide bonds. The molecule has 0 aliphatic heterocycles. The van der Waals surface area contributed by atoms with E-state index in [-0.39, 0.29) is 23.8 Å². The molecule has 0 fully saturated rings. The quantitative estimate of drug-likeness (QED) is 0.167. The molecule has 0 saturated carbocycles. The first-order valence-corrected chi connectivity index (χ1v) is 16.9. The molecule has 0 radical (unpaired) electrons. The Bertz CT molecular complexity index is 1730. The molecule has 4 rings (SSSR count). The maximum absolute atomic E-state index is 14.6. The number of carbonyl (C=O) groups excluding carboxylic acids is 2. The third kappa shape index (κ3) is 8.66. The zero-order valence-corrected chi connectivity index (χ0v) is 27.9. The smallest absolute Gasteiger partial charge is 0.264 e. The number of hydrogen-bond acceptors (Lipinski definition) is 4. The number of halogens is 2. The van der Waals surface area contributed by atoms with Gasteiger partial charge in [0.15, 0.2) is 0 Å². The van der Waals surface area contributed by atoms with Gasteiger partial charge in [0, 0.05) is 29.6 Å². The van der Waals surface area contributed by atoms with Gasteiger partial charge in [0.25, 0.3) is 10.0 Å². The highest BCUT2D eigenvalue weighted by Crippen LogP contribution is 2.29. The van der Waals surface area contributed by atoms with Crippen molar-refractivity contribution in [3.63, 3.8) is 0 Å². The van der Waals surface area contributed by atoms with Gasteiger partial charge in [0.05, 0.1) is 10.6 Å². The van der Waals surface area contributed by atoms with Gasteiger partial charge < -0.3 is 10.2 Å². The van der Waals surface area contributed by atoms with Crippen molar-refractivity contribution < 1.29 is 18.0 Å². The van der Waals surface area contributed by atoms with E-state index in [1.54, 1.807) is 49.4 Å². The summed E-state index contributed by atoms with van der Waals surface area (Å²) in [5, 5.41) is 3.69. The molecule has 0 spiro atoms. The van der Waals surface area contributed by atoms with E-state index in [0.29, 0.717) is 39.8 Å². The van der Waals surface area contributed by atoms with Crippen molar-refractivity contribution in [3.8, 4) is 0 Å². The minimum Gasteiger partial charge on any atom is -0.354 e. The van der Waals surface area contributed by atoms with E-state index in [4.69, 9.17) is 23.2 Å². The molecule has 0 bridgehead atoms. The minimum absolute atomic E-state index is 0.0437. The Morgan fingerprint density at radius 2 is 1.53 bits per heavy atom. The fourth-order valence-electron chi connectivity index (χ4n) is 4.97. The van der Waals surface area contributed by atoms with E-state index < -0.39 is 28.5 Å². The Morgan fingerprint density at radius 1 is 0.867 bits per heavy atom. The molecule has 10 heteroatoms. The van der Waals surface area contributed by atoms with Crippen LogP contribution in [0.4, 0.5) is 5.69 Å². The summed E-state index contributed by atoms with van der Waals surface area (Å²) < 4.78 is 29.5. The van der Waals surface area contributed by atoms with Crippen LogP contribution in [0, 0.1) is 13.8 Å². The van der Waals surface area contributed by atoms with E-state index in [1.165, 1.54) is 17.0 Å². The highest BCUT2D eigenvalue weighted by atomic mass is 35.5. The van der Waals surface area contributed by atoms with Crippen molar-refractivity contribution in [3.05, 3.63) is 129 Å². The lowest BCUT2D eigenvalue weighted by Gasteiger charge is -2.34. The van der Waals surface area contributed by atoms with Crippen molar-refractivity contribution in [1.29, 1.82) is 0 Å². The number of carbonyl (C=O) groups is 2. The van der Waals surface area contributed by atoms with Crippen LogP contribution in [-0.2, 0) is 32.6 Å². The zero-order chi connectivity index (χ0) is 32.6. The fraction of sp³-hybridized carbons (Fsp3) is 0.257. The van der Waals surface area contributed by atoms with Crippen LogP contribution in [0.1, 0.15) is 35.6 Å². The summed E-state index contributed by atoms with van der Waals surface area (Å²) in [5.74, 6) is -0.905. The number of aryl methyl sites for hydroxylation is 2. The summed E-state index contributed by atoms with van der Waals surface area (Å²) in [5.41, 5.74) is 3.31. The van der Waals surface area contributed by atoms with Crippen LogP contribution in [0.25, 0.3) is 0 Å². The van der Waals surface area contributed by atoms with Crippen LogP contribution < -0.4 is 9.62 Å². The van der Waals surface area contributed by atoms with Crippen molar-refractivity contribution in [2.24, 2.45) is 0 Å². The second-order valence-electron chi connectivity index (χ2n) is 10.9. The van der Waals surface area contributed by atoms with E-state index in [0.717, 1.165) is 15.4 Å². The number of sulfonamides is 1. The molecule has 0 saturated heterocycles. The van der Waals surface area contributed by atoms with Gasteiger partial charge in [-0.25, -0.2) is 8.42 Å². The first kappa shape index (κ1) is 34.0. The number of rotatable bonds is 13. The highest BCUT2D eigenvalue weighted by molar-refractivity contribution is 7.92. The number of amides is 2. The molecule has 1 atom stereocenters. The Kier molecular flexibility index (Phi) is 11.7. The topological polar surface area (TPSA) is 86.8 Å². The van der Waals surface area contributed by atoms with E-state index in [2.05, 4.69) is 5.32 Å². The second kappa shape index (κ2) is 15.4. The molecule has 1 N–H and O–H groups in total. The average Bonchev–Trinajstić information content (AvgIpc) is 3.03. The number of nitrogens with zero attached hydrogens (tertiary/aromatic N) is 2. The van der Waals surface area contributed by atoms with Gasteiger partial charge in [-0.2, -0.15) is 0 Å². The maximum atomic E-state index is 14.6. The van der Waals surface area contributed by atoms with Crippen LogP contribution in [0.3, 0.4) is 0 Å². The summed E-state index contributed by atoms with van der Waals surface area (Å²) in [6, 6.07) is 26.8. The molecule has 4 aromatic rings. The third-order valence-corrected chi connectivity index (χ3v) is 9.78. The highest BCUT2D eigenvalue weighted by Gasteiger charge is 2.35. The first-order valence-electron chi connectivity index (χ1n) is 14.7. The fourth-order valence-corrected chi connectivity index (χ4v) is 6.93. The van der Waals surface area contributed by atoms with Crippen LogP contribution >= 0.6 is 23.2 Å². The summed E-state index contributed by atoms with van der Waals surface area (Å²) in [4.78, 5) is 29.8. The van der Waals surface area contributed by atoms with Crippen LogP contribution in [0.2, 0.25) is 10.0 Å². The SMILES string of the molecule is CCCNC(=O)C(Cc1ccccc1)N(Cc1ccc(Cl)cc1Cl)C(=O)CN(c1cc(C)ccc1C)S(=O)(=O)c1ccccc1. The van der Waals surface area contributed by atoms with Crippen molar-refractivity contribution in [1.82, 2.24) is 10.2 Å². The first-order chi connectivity index (χ1) is 21.5. The van der Waals surface area contributed by atoms with Gasteiger partial charge in [-0.1, -0.05) is 96.9 Å². The Morgan fingerprint density at radius 3 is 2.18 bits per heavy atom. The predicted octanol–water partition coefficient (Wildman–Crippen LogP) is 6.97. The van der Waals surface area contributed by atoms with E-state index in [9.17, 15) is 18.0 Å². The van der Waals surface area contributed by atoms with Crippen molar-refractivity contribution in [2.75, 3.05) is 17.4 Å². The molecule has 236 valence electrons. The lowest BCUT2D eigenvalue weighted by molar-refractivity contribution is -0.140. The molecule has 1 unspecified atom stereocenters. The molecule has 0 aliphatic carbocycles. The molecular weight excluding hydrogens is 629 g/mol. The zero-order valence-electron chi connectivity index (χ0n) is 25.5. The number of hydrogen-bond donors (Lipinski definition) is 1. The van der Waals surface area contributed by atoms with E-state index >= 15 is 0 Å². The standard InChI is InChI=1S/C35H37Cl2N3O4S/c1-4-19-38-35(42)33(21-27-11-7-5-8-12-27)39(23-28-17-18-29(36)22-31(28)37)34(41)24-40(32-20-25(2)15-16-26(32)3)45(43,44)30-13-9-6-10-14-30/h5-18,20,22,33H,4,19,21,23-24H2,1-3H3,(H,38,42). The van der Waals surface area contributed by atoms with Gasteiger partial charge in [-0.15, -0.1) is 0 Å². The monoisotopic (exact) mass is 665 g/mol. The summed E-state index contributed by atoms with van der Waals surface area (Å²) in [6.45, 7) is 5.44. The summed E-state index contributed by atoms with van der Waals surface area (Å²) >= 11 is 12.7. The number of benzene rings is 4. The van der Waals surface area contributed by atoms with Gasteiger partial charge in [0.2, 0.25) is 11.8 Å².